The van der Waals surface area contributed by atoms with Crippen LogP contribution in [0.2, 0.25) is 0 Å². The predicted octanol–water partition coefficient (Wildman–Crippen LogP) is 6.57. The minimum atomic E-state index is 0.0118. The Labute approximate surface area is 137 Å². The van der Waals surface area contributed by atoms with Crippen LogP contribution in [-0.2, 0) is 0 Å². The van der Waals surface area contributed by atoms with Crippen LogP contribution in [0.5, 0.6) is 5.75 Å². The van der Waals surface area contributed by atoms with Crippen LogP contribution in [0.3, 0.4) is 0 Å². The maximum Gasteiger partial charge on any atom is 0.126 e. The Bertz CT molecular complexity index is 445. The van der Waals surface area contributed by atoms with E-state index in [1.807, 2.05) is 0 Å². The standard InChI is InChI=1S/C17H26BrClO/c1-6-8-9-13(7-2)16(19)15-12(4)14(18)10-11(3)17(15)20-5/h10,13,16H,6-9H2,1-5H3. The molecule has 0 aliphatic rings. The molecule has 0 amide bonds. The summed E-state index contributed by atoms with van der Waals surface area (Å²) < 4.78 is 6.74. The molecule has 1 rings (SSSR count). The van der Waals surface area contributed by atoms with E-state index >= 15 is 0 Å². The van der Waals surface area contributed by atoms with E-state index in [2.05, 4.69) is 49.7 Å². The van der Waals surface area contributed by atoms with Crippen molar-refractivity contribution in [2.45, 2.75) is 58.8 Å². The van der Waals surface area contributed by atoms with Gasteiger partial charge in [-0.3, -0.25) is 0 Å². The van der Waals surface area contributed by atoms with Crippen LogP contribution in [0.1, 0.15) is 61.6 Å². The van der Waals surface area contributed by atoms with Gasteiger partial charge in [-0.1, -0.05) is 49.0 Å². The lowest BCUT2D eigenvalue weighted by atomic mass is 9.88. The van der Waals surface area contributed by atoms with Crippen LogP contribution >= 0.6 is 27.5 Å². The molecule has 0 aromatic heterocycles. The largest absolute Gasteiger partial charge is 0.496 e. The van der Waals surface area contributed by atoms with E-state index in [1.54, 1.807) is 7.11 Å². The fraction of sp³-hybridized carbons (Fsp3) is 0.647. The van der Waals surface area contributed by atoms with Crippen molar-refractivity contribution < 1.29 is 4.74 Å². The zero-order valence-corrected chi connectivity index (χ0v) is 15.6. The van der Waals surface area contributed by atoms with E-state index in [0.29, 0.717) is 5.92 Å². The summed E-state index contributed by atoms with van der Waals surface area (Å²) in [7, 11) is 1.73. The molecule has 0 heterocycles. The molecule has 114 valence electrons. The van der Waals surface area contributed by atoms with Crippen LogP contribution in [-0.4, -0.2) is 7.11 Å². The van der Waals surface area contributed by atoms with Crippen molar-refractivity contribution in [3.05, 3.63) is 27.2 Å². The van der Waals surface area contributed by atoms with Crippen LogP contribution in [0.15, 0.2) is 10.5 Å². The van der Waals surface area contributed by atoms with Gasteiger partial charge in [0.25, 0.3) is 0 Å². The number of methoxy groups -OCH3 is 1. The van der Waals surface area contributed by atoms with Crippen molar-refractivity contribution in [1.29, 1.82) is 0 Å². The van der Waals surface area contributed by atoms with Gasteiger partial charge >= 0.3 is 0 Å². The van der Waals surface area contributed by atoms with Gasteiger partial charge in [-0.2, -0.15) is 0 Å². The lowest BCUT2D eigenvalue weighted by Crippen LogP contribution is -2.11. The molecule has 1 aromatic rings. The summed E-state index contributed by atoms with van der Waals surface area (Å²) >= 11 is 10.5. The summed E-state index contributed by atoms with van der Waals surface area (Å²) in [6.45, 7) is 8.64. The first kappa shape index (κ1) is 17.8. The van der Waals surface area contributed by atoms with Gasteiger partial charge in [-0.15, -0.1) is 11.6 Å². The molecule has 0 aliphatic heterocycles. The Morgan fingerprint density at radius 3 is 2.45 bits per heavy atom. The SMILES string of the molecule is CCCCC(CC)C(Cl)c1c(C)c(Br)cc(C)c1OC. The molecule has 1 nitrogen and oxygen atoms in total. The van der Waals surface area contributed by atoms with E-state index in [0.717, 1.165) is 27.8 Å². The van der Waals surface area contributed by atoms with Crippen molar-refractivity contribution in [3.63, 3.8) is 0 Å². The average molecular weight is 362 g/mol. The fourth-order valence-corrected chi connectivity index (χ4v) is 3.86. The Morgan fingerprint density at radius 1 is 1.30 bits per heavy atom. The monoisotopic (exact) mass is 360 g/mol. The number of unbranched alkanes of at least 4 members (excludes halogenated alkanes) is 1. The van der Waals surface area contributed by atoms with E-state index in [1.165, 1.54) is 24.8 Å². The number of aryl methyl sites for hydroxylation is 1. The maximum atomic E-state index is 6.84. The van der Waals surface area contributed by atoms with Crippen LogP contribution < -0.4 is 4.74 Å². The fourth-order valence-electron chi connectivity index (χ4n) is 2.74. The first-order valence-corrected chi connectivity index (χ1v) is 8.68. The summed E-state index contributed by atoms with van der Waals surface area (Å²) in [4.78, 5) is 0. The first-order valence-electron chi connectivity index (χ1n) is 7.45. The number of benzene rings is 1. The summed E-state index contributed by atoms with van der Waals surface area (Å²) in [6.07, 6.45) is 4.72. The Kier molecular flexibility index (Phi) is 7.39. The molecule has 0 aliphatic carbocycles. The second kappa shape index (κ2) is 8.29. The van der Waals surface area contributed by atoms with Gasteiger partial charge in [0.2, 0.25) is 0 Å². The van der Waals surface area contributed by atoms with Crippen LogP contribution in [0, 0.1) is 19.8 Å². The quantitative estimate of drug-likeness (QED) is 0.499. The second-order valence-electron chi connectivity index (χ2n) is 5.46. The number of alkyl halides is 1. The van der Waals surface area contributed by atoms with E-state index in [4.69, 9.17) is 16.3 Å². The number of ether oxygens (including phenoxy) is 1. The minimum absolute atomic E-state index is 0.0118. The molecular weight excluding hydrogens is 336 g/mol. The molecule has 0 fully saturated rings. The summed E-state index contributed by atoms with van der Waals surface area (Å²) in [6, 6.07) is 2.11. The van der Waals surface area contributed by atoms with Crippen molar-refractivity contribution in [1.82, 2.24) is 0 Å². The summed E-state index contributed by atoms with van der Waals surface area (Å²) in [5.74, 6) is 1.44. The van der Waals surface area contributed by atoms with Gasteiger partial charge in [0, 0.05) is 10.0 Å². The third-order valence-corrected chi connectivity index (χ3v) is 5.45. The van der Waals surface area contributed by atoms with Gasteiger partial charge in [0.05, 0.1) is 12.5 Å². The zero-order valence-electron chi connectivity index (χ0n) is 13.2. The van der Waals surface area contributed by atoms with E-state index < -0.39 is 0 Å². The molecule has 0 saturated heterocycles. The molecule has 0 N–H and O–H groups in total. The highest BCUT2D eigenvalue weighted by Gasteiger charge is 2.26. The lowest BCUT2D eigenvalue weighted by Gasteiger charge is -2.26. The van der Waals surface area contributed by atoms with Crippen molar-refractivity contribution >= 4 is 27.5 Å². The third kappa shape index (κ3) is 3.92. The zero-order chi connectivity index (χ0) is 15.3. The smallest absolute Gasteiger partial charge is 0.126 e. The van der Waals surface area contributed by atoms with Gasteiger partial charge in [0.1, 0.15) is 5.75 Å². The highest BCUT2D eigenvalue weighted by Crippen LogP contribution is 2.44. The van der Waals surface area contributed by atoms with Crippen LogP contribution in [0.4, 0.5) is 0 Å². The average Bonchev–Trinajstić information content (AvgIpc) is 2.43. The summed E-state index contributed by atoms with van der Waals surface area (Å²) in [5.41, 5.74) is 3.49. The van der Waals surface area contributed by atoms with Crippen molar-refractivity contribution in [2.24, 2.45) is 5.92 Å². The molecule has 2 unspecified atom stereocenters. The molecule has 0 saturated carbocycles. The highest BCUT2D eigenvalue weighted by molar-refractivity contribution is 9.10. The van der Waals surface area contributed by atoms with Crippen LogP contribution in [0.25, 0.3) is 0 Å². The molecule has 20 heavy (non-hydrogen) atoms. The molecular formula is C17H26BrClO. The third-order valence-electron chi connectivity index (χ3n) is 4.05. The molecule has 0 radical (unpaired) electrons. The van der Waals surface area contributed by atoms with Gasteiger partial charge in [-0.25, -0.2) is 0 Å². The number of rotatable bonds is 7. The second-order valence-corrected chi connectivity index (χ2v) is 6.78. The van der Waals surface area contributed by atoms with E-state index in [-0.39, 0.29) is 5.38 Å². The van der Waals surface area contributed by atoms with Gasteiger partial charge in [0.15, 0.2) is 0 Å². The van der Waals surface area contributed by atoms with Gasteiger partial charge in [-0.05, 0) is 43.4 Å². The minimum Gasteiger partial charge on any atom is -0.496 e. The normalized spacial score (nSPS) is 14.2. The van der Waals surface area contributed by atoms with Gasteiger partial charge < -0.3 is 4.74 Å². The first-order chi connectivity index (χ1) is 9.47. The lowest BCUT2D eigenvalue weighted by molar-refractivity contribution is 0.388. The summed E-state index contributed by atoms with van der Waals surface area (Å²) in [5, 5.41) is 0.0118. The Hall–Kier alpha value is -0.210. The number of hydrogen-bond donors (Lipinski definition) is 0. The Morgan fingerprint density at radius 2 is 1.95 bits per heavy atom. The molecule has 3 heteroatoms. The highest BCUT2D eigenvalue weighted by atomic mass is 79.9. The molecule has 0 bridgehead atoms. The number of halogens is 2. The molecule has 2 atom stereocenters. The molecule has 0 spiro atoms. The molecule has 1 aromatic carbocycles. The number of hydrogen-bond acceptors (Lipinski definition) is 1. The van der Waals surface area contributed by atoms with Crippen molar-refractivity contribution in [2.75, 3.05) is 7.11 Å². The maximum absolute atomic E-state index is 6.84. The van der Waals surface area contributed by atoms with E-state index in [9.17, 15) is 0 Å². The Balaban J connectivity index is 3.22. The topological polar surface area (TPSA) is 9.23 Å². The van der Waals surface area contributed by atoms with Crippen molar-refractivity contribution in [3.8, 4) is 5.75 Å². The predicted molar refractivity (Wildman–Crippen MR) is 92.1 cm³/mol.